The molecule has 0 aromatic carbocycles. The van der Waals surface area contributed by atoms with Crippen molar-refractivity contribution >= 4 is 11.7 Å². The fourth-order valence-electron chi connectivity index (χ4n) is 2.81. The third-order valence-electron chi connectivity index (χ3n) is 3.87. The summed E-state index contributed by atoms with van der Waals surface area (Å²) in [6.07, 6.45) is 0.382. The summed E-state index contributed by atoms with van der Waals surface area (Å²) >= 11 is 0. The van der Waals surface area contributed by atoms with E-state index in [1.807, 2.05) is 0 Å². The van der Waals surface area contributed by atoms with Gasteiger partial charge in [0.2, 0.25) is 11.7 Å². The number of furan rings is 1. The Balaban J connectivity index is 1.98. The second-order valence-corrected chi connectivity index (χ2v) is 5.43. The molecule has 0 saturated heterocycles. The molecule has 0 saturated carbocycles. The van der Waals surface area contributed by atoms with Gasteiger partial charge in [-0.15, -0.1) is 0 Å². The first-order chi connectivity index (χ1) is 12.5. The number of allylic oxidation sites excluding steroid dienone is 2. The molecule has 0 radical (unpaired) electrons. The van der Waals surface area contributed by atoms with Crippen molar-refractivity contribution in [3.63, 3.8) is 0 Å². The number of pyridine rings is 1. The summed E-state index contributed by atoms with van der Waals surface area (Å²) in [4.78, 5) is 20.6. The number of hydrogen-bond acceptors (Lipinski definition) is 6. The first-order valence-electron chi connectivity index (χ1n) is 7.43. The molecule has 0 amide bonds. The van der Waals surface area contributed by atoms with Crippen LogP contribution in [0, 0.1) is 0 Å². The highest BCUT2D eigenvalue weighted by Gasteiger charge is 2.46. The zero-order chi connectivity index (χ0) is 18.3. The van der Waals surface area contributed by atoms with E-state index in [2.05, 4.69) is 20.4 Å². The molecule has 1 N–H and O–H groups in total. The summed E-state index contributed by atoms with van der Waals surface area (Å²) < 4.78 is 47.4. The minimum atomic E-state index is -4.81. The third kappa shape index (κ3) is 2.55. The molecule has 0 spiro atoms. The predicted octanol–water partition coefficient (Wildman–Crippen LogP) is 2.98. The van der Waals surface area contributed by atoms with Gasteiger partial charge >= 0.3 is 6.18 Å². The maximum Gasteiger partial charge on any atom is 0.431 e. The Bertz CT molecular complexity index is 977. The molecule has 4 rings (SSSR count). The molecule has 10 heteroatoms. The molecule has 1 atom stereocenters. The predicted molar refractivity (Wildman–Crippen MR) is 82.1 cm³/mol. The number of carbonyl (C=O) groups excluding carboxylic acids is 1. The van der Waals surface area contributed by atoms with Crippen LogP contribution < -0.4 is 5.32 Å². The minimum Gasteiger partial charge on any atom is -0.461 e. The molecule has 1 aliphatic rings. The number of nitrogens with one attached hydrogen (secondary N) is 1. The van der Waals surface area contributed by atoms with Crippen LogP contribution in [0.4, 0.5) is 19.1 Å². The molecule has 0 fully saturated rings. The van der Waals surface area contributed by atoms with Crippen molar-refractivity contribution < 1.29 is 22.4 Å². The maximum atomic E-state index is 13.7. The van der Waals surface area contributed by atoms with Crippen LogP contribution in [-0.2, 0) is 0 Å². The van der Waals surface area contributed by atoms with Gasteiger partial charge in [-0.05, 0) is 23.8 Å². The number of anilines is 1. The Morgan fingerprint density at radius 3 is 2.77 bits per heavy atom. The summed E-state index contributed by atoms with van der Waals surface area (Å²) in [5.41, 5.74) is -1.39. The summed E-state index contributed by atoms with van der Waals surface area (Å²) in [7, 11) is 0. The average Bonchev–Trinajstić information content (AvgIpc) is 3.31. The van der Waals surface area contributed by atoms with Crippen LogP contribution in [-0.4, -0.2) is 31.7 Å². The SMILES string of the molecule is O=C(C1=C(C(F)(F)F)Nc2ncnn2C1c1cccnc1)c1ccco1. The normalized spacial score (nSPS) is 17.0. The van der Waals surface area contributed by atoms with Crippen molar-refractivity contribution in [3.8, 4) is 0 Å². The lowest BCUT2D eigenvalue weighted by Crippen LogP contribution is -2.35. The van der Waals surface area contributed by atoms with E-state index in [0.29, 0.717) is 5.56 Å². The Morgan fingerprint density at radius 2 is 2.12 bits per heavy atom. The number of alkyl halides is 3. The highest BCUT2D eigenvalue weighted by atomic mass is 19.4. The molecule has 132 valence electrons. The quantitative estimate of drug-likeness (QED) is 0.722. The summed E-state index contributed by atoms with van der Waals surface area (Å²) in [6.45, 7) is 0. The maximum absolute atomic E-state index is 13.7. The summed E-state index contributed by atoms with van der Waals surface area (Å²) in [5, 5.41) is 6.15. The van der Waals surface area contributed by atoms with Crippen LogP contribution in [0.25, 0.3) is 0 Å². The van der Waals surface area contributed by atoms with Crippen LogP contribution in [0.1, 0.15) is 22.2 Å². The van der Waals surface area contributed by atoms with Gasteiger partial charge < -0.3 is 9.73 Å². The zero-order valence-corrected chi connectivity index (χ0v) is 12.9. The molecule has 1 unspecified atom stereocenters. The van der Waals surface area contributed by atoms with Crippen LogP contribution in [0.2, 0.25) is 0 Å². The highest BCUT2D eigenvalue weighted by Crippen LogP contribution is 2.41. The van der Waals surface area contributed by atoms with Gasteiger partial charge in [0.1, 0.15) is 18.1 Å². The van der Waals surface area contributed by atoms with Crippen molar-refractivity contribution in [1.29, 1.82) is 0 Å². The van der Waals surface area contributed by atoms with Gasteiger partial charge in [-0.2, -0.15) is 23.3 Å². The Morgan fingerprint density at radius 1 is 1.27 bits per heavy atom. The van der Waals surface area contributed by atoms with E-state index in [1.54, 1.807) is 12.1 Å². The van der Waals surface area contributed by atoms with Gasteiger partial charge in [-0.1, -0.05) is 6.07 Å². The van der Waals surface area contributed by atoms with Crippen molar-refractivity contribution in [2.24, 2.45) is 0 Å². The van der Waals surface area contributed by atoms with E-state index in [4.69, 9.17) is 4.42 Å². The number of Topliss-reactive ketones (excluding diaryl/α,β-unsaturated/α-hetero) is 1. The van der Waals surface area contributed by atoms with E-state index in [9.17, 15) is 18.0 Å². The number of nitrogens with zero attached hydrogens (tertiary/aromatic N) is 4. The van der Waals surface area contributed by atoms with Gasteiger partial charge in [0.15, 0.2) is 5.76 Å². The van der Waals surface area contributed by atoms with Crippen molar-refractivity contribution in [3.05, 3.63) is 71.8 Å². The van der Waals surface area contributed by atoms with E-state index in [0.717, 1.165) is 6.33 Å². The van der Waals surface area contributed by atoms with Gasteiger partial charge in [-0.25, -0.2) is 4.68 Å². The zero-order valence-electron chi connectivity index (χ0n) is 12.9. The molecule has 0 bridgehead atoms. The minimum absolute atomic E-state index is 0.123. The van der Waals surface area contributed by atoms with Gasteiger partial charge in [0.25, 0.3) is 0 Å². The second kappa shape index (κ2) is 5.83. The Kier molecular flexibility index (Phi) is 3.60. The number of hydrogen-bond donors (Lipinski definition) is 1. The number of carbonyl (C=O) groups is 1. The number of rotatable bonds is 3. The van der Waals surface area contributed by atoms with Crippen molar-refractivity contribution in [2.45, 2.75) is 12.2 Å². The van der Waals surface area contributed by atoms with Crippen LogP contribution in [0.3, 0.4) is 0 Å². The number of ketones is 1. The molecule has 4 heterocycles. The first-order valence-corrected chi connectivity index (χ1v) is 7.43. The van der Waals surface area contributed by atoms with Crippen molar-refractivity contribution in [1.82, 2.24) is 19.7 Å². The lowest BCUT2D eigenvalue weighted by molar-refractivity contribution is -0.0918. The van der Waals surface area contributed by atoms with E-state index in [1.165, 1.54) is 35.5 Å². The van der Waals surface area contributed by atoms with Gasteiger partial charge in [0, 0.05) is 12.4 Å². The van der Waals surface area contributed by atoms with E-state index >= 15 is 0 Å². The van der Waals surface area contributed by atoms with Crippen LogP contribution >= 0.6 is 0 Å². The number of aromatic nitrogens is 4. The lowest BCUT2D eigenvalue weighted by atomic mass is 9.92. The first kappa shape index (κ1) is 16.1. The molecular weight excluding hydrogens is 351 g/mol. The van der Waals surface area contributed by atoms with Gasteiger partial charge in [-0.3, -0.25) is 9.78 Å². The van der Waals surface area contributed by atoms with E-state index in [-0.39, 0.29) is 11.7 Å². The fraction of sp³-hybridized carbons (Fsp3) is 0.125. The smallest absolute Gasteiger partial charge is 0.431 e. The molecule has 1 aliphatic heterocycles. The average molecular weight is 361 g/mol. The molecule has 26 heavy (non-hydrogen) atoms. The second-order valence-electron chi connectivity index (χ2n) is 5.43. The molecule has 3 aromatic heterocycles. The topological polar surface area (TPSA) is 85.8 Å². The third-order valence-corrected chi connectivity index (χ3v) is 3.87. The van der Waals surface area contributed by atoms with Gasteiger partial charge in [0.05, 0.1) is 11.8 Å². The Labute approximate surface area is 144 Å². The lowest BCUT2D eigenvalue weighted by Gasteiger charge is -2.30. The van der Waals surface area contributed by atoms with Crippen LogP contribution in [0.5, 0.6) is 0 Å². The number of fused-ring (bicyclic) bond motifs is 1. The highest BCUT2D eigenvalue weighted by molar-refractivity contribution is 6.09. The largest absolute Gasteiger partial charge is 0.461 e. The summed E-state index contributed by atoms with van der Waals surface area (Å²) in [6, 6.07) is 4.71. The molecule has 7 nitrogen and oxygen atoms in total. The summed E-state index contributed by atoms with van der Waals surface area (Å²) in [5.74, 6) is -1.23. The van der Waals surface area contributed by atoms with E-state index < -0.39 is 29.3 Å². The molecular formula is C16H10F3N5O2. The fourth-order valence-corrected chi connectivity index (χ4v) is 2.81. The standard InChI is InChI=1S/C16H10F3N5O2/c17-16(18,19)14-11(13(25)10-4-2-6-26-10)12(9-3-1-5-20-7-9)24-15(23-14)21-8-22-24/h1-8,12H,(H,21,22,23). The van der Waals surface area contributed by atoms with Crippen LogP contribution in [0.15, 0.2) is 64.9 Å². The monoisotopic (exact) mass is 361 g/mol. The number of halogens is 3. The molecule has 3 aromatic rings. The molecule has 0 aliphatic carbocycles. The van der Waals surface area contributed by atoms with Crippen molar-refractivity contribution in [2.75, 3.05) is 5.32 Å². The Hall–Kier alpha value is -3.43.